The Bertz CT molecular complexity index is 1340. The third-order valence-electron chi connectivity index (χ3n) is 6.29. The third-order valence-corrected chi connectivity index (χ3v) is 7.11. The van der Waals surface area contributed by atoms with Crippen LogP contribution in [0.3, 0.4) is 0 Å². The van der Waals surface area contributed by atoms with E-state index in [1.54, 1.807) is 24.8 Å². The van der Waals surface area contributed by atoms with Gasteiger partial charge in [-0.05, 0) is 68.5 Å². The zero-order valence-electron chi connectivity index (χ0n) is 22.0. The lowest BCUT2D eigenvalue weighted by molar-refractivity contribution is -0.142. The van der Waals surface area contributed by atoms with Crippen LogP contribution in [0, 0.1) is 12.8 Å². The van der Waals surface area contributed by atoms with Gasteiger partial charge in [0.1, 0.15) is 6.61 Å². The summed E-state index contributed by atoms with van der Waals surface area (Å²) < 4.78 is 52.2. The molecule has 0 unspecified atom stereocenters. The SMILES string of the molecule is CCOC(=O)Cc1cnc(OCc2csc(C)n2)c(-c2ccc(C(F)(F)F)cc2CN(CC)C(=O)C2CC2)c1. The van der Waals surface area contributed by atoms with Gasteiger partial charge in [-0.2, -0.15) is 13.2 Å². The van der Waals surface area contributed by atoms with E-state index in [1.165, 1.54) is 23.6 Å². The van der Waals surface area contributed by atoms with E-state index in [0.29, 0.717) is 34.5 Å². The monoisotopic (exact) mass is 561 g/mol. The van der Waals surface area contributed by atoms with Crippen LogP contribution in [0.1, 0.15) is 54.1 Å². The Kier molecular flexibility index (Phi) is 8.89. The van der Waals surface area contributed by atoms with Gasteiger partial charge in [-0.3, -0.25) is 9.59 Å². The molecule has 4 rings (SSSR count). The molecule has 1 aliphatic carbocycles. The highest BCUT2D eigenvalue weighted by atomic mass is 32.1. The summed E-state index contributed by atoms with van der Waals surface area (Å²) in [5, 5.41) is 2.73. The minimum absolute atomic E-state index is 0.00207. The first kappa shape index (κ1) is 28.5. The number of carbonyl (C=O) groups is 2. The zero-order valence-corrected chi connectivity index (χ0v) is 22.8. The van der Waals surface area contributed by atoms with E-state index in [0.717, 1.165) is 30.0 Å². The molecule has 1 fully saturated rings. The maximum Gasteiger partial charge on any atom is 0.416 e. The lowest BCUT2D eigenvalue weighted by Gasteiger charge is -2.24. The molecule has 1 amide bonds. The molecular formula is C28H30F3N3O4S. The van der Waals surface area contributed by atoms with Crippen molar-refractivity contribution in [3.8, 4) is 17.0 Å². The van der Waals surface area contributed by atoms with Crippen molar-refractivity contribution in [2.45, 2.75) is 59.4 Å². The first-order chi connectivity index (χ1) is 18.6. The van der Waals surface area contributed by atoms with Gasteiger partial charge in [0, 0.05) is 36.1 Å². The van der Waals surface area contributed by atoms with Crippen molar-refractivity contribution in [2.75, 3.05) is 13.2 Å². The number of amides is 1. The third kappa shape index (κ3) is 7.35. The van der Waals surface area contributed by atoms with E-state index < -0.39 is 17.7 Å². The molecule has 0 radical (unpaired) electrons. The number of hydrogen-bond donors (Lipinski definition) is 0. The summed E-state index contributed by atoms with van der Waals surface area (Å²) in [6.45, 7) is 6.07. The summed E-state index contributed by atoms with van der Waals surface area (Å²) in [5.41, 5.74) is 1.57. The van der Waals surface area contributed by atoms with E-state index in [1.807, 2.05) is 12.3 Å². The van der Waals surface area contributed by atoms with Gasteiger partial charge in [-0.25, -0.2) is 9.97 Å². The van der Waals surface area contributed by atoms with Gasteiger partial charge in [0.15, 0.2) is 0 Å². The second-order valence-electron chi connectivity index (χ2n) is 9.32. The minimum atomic E-state index is -4.56. The van der Waals surface area contributed by atoms with Gasteiger partial charge in [0.2, 0.25) is 11.8 Å². The first-order valence-electron chi connectivity index (χ1n) is 12.8. The van der Waals surface area contributed by atoms with Crippen LogP contribution in [0.2, 0.25) is 0 Å². The van der Waals surface area contributed by atoms with Crippen LogP contribution in [-0.2, 0) is 40.1 Å². The maximum atomic E-state index is 13.7. The average Bonchev–Trinajstić information content (AvgIpc) is 3.66. The Labute approximate surface area is 229 Å². The summed E-state index contributed by atoms with van der Waals surface area (Å²) in [6, 6.07) is 5.13. The minimum Gasteiger partial charge on any atom is -0.471 e. The summed E-state index contributed by atoms with van der Waals surface area (Å²) >= 11 is 1.47. The molecule has 3 aromatic rings. The molecule has 0 atom stereocenters. The molecule has 208 valence electrons. The zero-order chi connectivity index (χ0) is 28.2. The molecule has 1 aromatic carbocycles. The number of esters is 1. The first-order valence-corrected chi connectivity index (χ1v) is 13.6. The Hall–Kier alpha value is -3.47. The van der Waals surface area contributed by atoms with Gasteiger partial charge in [-0.1, -0.05) is 6.07 Å². The molecule has 0 aliphatic heterocycles. The number of benzene rings is 1. The lowest BCUT2D eigenvalue weighted by atomic mass is 9.96. The van der Waals surface area contributed by atoms with Crippen molar-refractivity contribution >= 4 is 23.2 Å². The molecule has 11 heteroatoms. The number of alkyl halides is 3. The average molecular weight is 562 g/mol. The van der Waals surface area contributed by atoms with Crippen molar-refractivity contribution in [3.05, 3.63) is 63.2 Å². The molecule has 2 heterocycles. The number of pyridine rings is 1. The Morgan fingerprint density at radius 2 is 1.92 bits per heavy atom. The molecule has 1 saturated carbocycles. The summed E-state index contributed by atoms with van der Waals surface area (Å²) in [4.78, 5) is 35.4. The van der Waals surface area contributed by atoms with Crippen LogP contribution in [0.15, 0.2) is 35.8 Å². The predicted molar refractivity (Wildman–Crippen MR) is 140 cm³/mol. The van der Waals surface area contributed by atoms with Crippen LogP contribution < -0.4 is 4.74 Å². The fourth-order valence-corrected chi connectivity index (χ4v) is 4.80. The number of aryl methyl sites for hydroxylation is 1. The molecule has 0 N–H and O–H groups in total. The molecule has 0 bridgehead atoms. The Morgan fingerprint density at radius 1 is 1.15 bits per heavy atom. The van der Waals surface area contributed by atoms with Gasteiger partial charge in [-0.15, -0.1) is 11.3 Å². The standard InChI is InChI=1S/C28H30F3N3O4S/c1-4-34(27(36)19-6-7-19)14-20-12-21(28(29,30)31)8-9-23(20)24-10-18(11-25(35)37-5-2)13-32-26(24)38-15-22-16-39-17(3)33-22/h8-10,12-13,16,19H,4-7,11,14-15H2,1-3H3. The molecular weight excluding hydrogens is 531 g/mol. The molecule has 1 aliphatic rings. The van der Waals surface area contributed by atoms with Crippen molar-refractivity contribution in [1.82, 2.24) is 14.9 Å². The quantitative estimate of drug-likeness (QED) is 0.268. The van der Waals surface area contributed by atoms with Crippen LogP contribution in [0.5, 0.6) is 5.88 Å². The summed E-state index contributed by atoms with van der Waals surface area (Å²) in [7, 11) is 0. The molecule has 39 heavy (non-hydrogen) atoms. The Morgan fingerprint density at radius 3 is 2.54 bits per heavy atom. The fourth-order valence-electron chi connectivity index (χ4n) is 4.20. The fraction of sp³-hybridized carbons (Fsp3) is 0.429. The molecule has 0 saturated heterocycles. The van der Waals surface area contributed by atoms with Gasteiger partial charge < -0.3 is 14.4 Å². The van der Waals surface area contributed by atoms with Crippen molar-refractivity contribution in [3.63, 3.8) is 0 Å². The Balaban J connectivity index is 1.77. The lowest BCUT2D eigenvalue weighted by Crippen LogP contribution is -2.31. The second-order valence-corrected chi connectivity index (χ2v) is 10.4. The topological polar surface area (TPSA) is 81.6 Å². The van der Waals surface area contributed by atoms with E-state index in [-0.39, 0.29) is 43.9 Å². The highest BCUT2D eigenvalue weighted by Gasteiger charge is 2.35. The van der Waals surface area contributed by atoms with Crippen LogP contribution >= 0.6 is 11.3 Å². The normalized spacial score (nSPS) is 13.3. The number of ether oxygens (including phenoxy) is 2. The number of hydrogen-bond acceptors (Lipinski definition) is 7. The maximum absolute atomic E-state index is 13.7. The largest absolute Gasteiger partial charge is 0.471 e. The smallest absolute Gasteiger partial charge is 0.416 e. The van der Waals surface area contributed by atoms with Gasteiger partial charge in [0.05, 0.1) is 29.3 Å². The van der Waals surface area contributed by atoms with Crippen molar-refractivity contribution in [2.24, 2.45) is 5.92 Å². The van der Waals surface area contributed by atoms with E-state index >= 15 is 0 Å². The van der Waals surface area contributed by atoms with E-state index in [4.69, 9.17) is 9.47 Å². The van der Waals surface area contributed by atoms with E-state index in [2.05, 4.69) is 9.97 Å². The number of nitrogens with zero attached hydrogens (tertiary/aromatic N) is 3. The van der Waals surface area contributed by atoms with E-state index in [9.17, 15) is 22.8 Å². The number of aromatic nitrogens is 2. The van der Waals surface area contributed by atoms with Crippen LogP contribution in [0.25, 0.3) is 11.1 Å². The number of rotatable bonds is 11. The van der Waals surface area contributed by atoms with Crippen molar-refractivity contribution in [1.29, 1.82) is 0 Å². The van der Waals surface area contributed by atoms with Crippen LogP contribution in [-0.4, -0.2) is 39.9 Å². The summed E-state index contributed by atoms with van der Waals surface area (Å²) in [6.07, 6.45) is -1.55. The molecule has 7 nitrogen and oxygen atoms in total. The highest BCUT2D eigenvalue weighted by molar-refractivity contribution is 7.09. The van der Waals surface area contributed by atoms with Crippen molar-refractivity contribution < 1.29 is 32.2 Å². The number of carbonyl (C=O) groups excluding carboxylic acids is 2. The predicted octanol–water partition coefficient (Wildman–Crippen LogP) is 5.98. The number of thiazole rings is 1. The summed E-state index contributed by atoms with van der Waals surface area (Å²) in [5.74, 6) is -0.401. The van der Waals surface area contributed by atoms with Crippen LogP contribution in [0.4, 0.5) is 13.2 Å². The highest BCUT2D eigenvalue weighted by Crippen LogP contribution is 2.38. The second kappa shape index (κ2) is 12.1. The molecule has 2 aromatic heterocycles. The number of halogens is 3. The molecule has 0 spiro atoms. The van der Waals surface area contributed by atoms with Gasteiger partial charge >= 0.3 is 12.1 Å². The van der Waals surface area contributed by atoms with Gasteiger partial charge in [0.25, 0.3) is 0 Å².